The van der Waals surface area contributed by atoms with Crippen LogP contribution in [0, 0.1) is 0 Å². The number of aromatic nitrogens is 3. The second-order valence-electron chi connectivity index (χ2n) is 4.44. The van der Waals surface area contributed by atoms with Crippen LogP contribution in [0.5, 0.6) is 0 Å². The molecule has 0 radical (unpaired) electrons. The standard InChI is InChI=1S/C11H14N4OS/c16-9(8-2-1-5-17-6-8)14-11(3-4-11)10-12-7-13-15-10/h2,7H,1,3-6H2,(H,14,16)(H,12,13,15). The lowest BCUT2D eigenvalue weighted by molar-refractivity contribution is -0.118. The Labute approximate surface area is 103 Å². The number of hydrogen-bond acceptors (Lipinski definition) is 4. The van der Waals surface area contributed by atoms with Crippen molar-refractivity contribution in [1.29, 1.82) is 0 Å². The number of carbonyl (C=O) groups excluding carboxylic acids is 1. The van der Waals surface area contributed by atoms with Gasteiger partial charge in [-0.05, 0) is 25.0 Å². The van der Waals surface area contributed by atoms with Gasteiger partial charge in [0.25, 0.3) is 0 Å². The Morgan fingerprint density at radius 3 is 3.00 bits per heavy atom. The first-order valence-corrected chi connectivity index (χ1v) is 6.91. The number of rotatable bonds is 3. The molecule has 90 valence electrons. The second-order valence-corrected chi connectivity index (χ2v) is 5.55. The Kier molecular flexibility index (Phi) is 2.66. The van der Waals surface area contributed by atoms with E-state index in [1.165, 1.54) is 6.33 Å². The number of aromatic amines is 1. The van der Waals surface area contributed by atoms with E-state index < -0.39 is 0 Å². The van der Waals surface area contributed by atoms with E-state index in [1.54, 1.807) is 0 Å². The van der Waals surface area contributed by atoms with Gasteiger partial charge >= 0.3 is 0 Å². The van der Waals surface area contributed by atoms with Gasteiger partial charge in [0.05, 0.1) is 5.54 Å². The van der Waals surface area contributed by atoms with Gasteiger partial charge in [-0.3, -0.25) is 9.89 Å². The number of nitrogens with zero attached hydrogens (tertiary/aromatic N) is 2. The molecule has 2 heterocycles. The molecule has 2 aliphatic rings. The van der Waals surface area contributed by atoms with E-state index >= 15 is 0 Å². The molecule has 2 N–H and O–H groups in total. The molecule has 0 saturated heterocycles. The predicted molar refractivity (Wildman–Crippen MR) is 65.5 cm³/mol. The Morgan fingerprint density at radius 2 is 2.41 bits per heavy atom. The zero-order valence-corrected chi connectivity index (χ0v) is 10.2. The molecule has 1 aromatic heterocycles. The summed E-state index contributed by atoms with van der Waals surface area (Å²) < 4.78 is 0. The minimum absolute atomic E-state index is 0.0473. The highest BCUT2D eigenvalue weighted by Crippen LogP contribution is 2.43. The number of hydrogen-bond donors (Lipinski definition) is 2. The molecule has 1 saturated carbocycles. The van der Waals surface area contributed by atoms with Crippen LogP contribution in [0.15, 0.2) is 18.0 Å². The first kappa shape index (κ1) is 10.8. The predicted octanol–water partition coefficient (Wildman–Crippen LogP) is 0.973. The van der Waals surface area contributed by atoms with Crippen LogP contribution < -0.4 is 5.32 Å². The molecule has 0 aromatic carbocycles. The molecule has 0 atom stereocenters. The third kappa shape index (κ3) is 2.09. The summed E-state index contributed by atoms with van der Waals surface area (Å²) in [5.41, 5.74) is 0.614. The molecule has 17 heavy (non-hydrogen) atoms. The van der Waals surface area contributed by atoms with Crippen molar-refractivity contribution in [3.05, 3.63) is 23.8 Å². The van der Waals surface area contributed by atoms with Gasteiger partial charge in [0.15, 0.2) is 0 Å². The fourth-order valence-electron chi connectivity index (χ4n) is 2.00. The van der Waals surface area contributed by atoms with Crippen LogP contribution in [0.4, 0.5) is 0 Å². The molecule has 1 amide bonds. The van der Waals surface area contributed by atoms with Gasteiger partial charge in [-0.1, -0.05) is 6.08 Å². The zero-order valence-electron chi connectivity index (χ0n) is 9.40. The maximum Gasteiger partial charge on any atom is 0.248 e. The first-order chi connectivity index (χ1) is 8.30. The van der Waals surface area contributed by atoms with Gasteiger partial charge < -0.3 is 5.32 Å². The highest BCUT2D eigenvalue weighted by molar-refractivity contribution is 7.99. The van der Waals surface area contributed by atoms with Crippen molar-refractivity contribution >= 4 is 17.7 Å². The summed E-state index contributed by atoms with van der Waals surface area (Å²) in [6.07, 6.45) is 6.39. The van der Waals surface area contributed by atoms with E-state index in [4.69, 9.17) is 0 Å². The summed E-state index contributed by atoms with van der Waals surface area (Å²) in [6.45, 7) is 0. The van der Waals surface area contributed by atoms with Crippen molar-refractivity contribution < 1.29 is 4.79 Å². The number of nitrogens with one attached hydrogen (secondary N) is 2. The molecule has 1 fully saturated rings. The summed E-state index contributed by atoms with van der Waals surface area (Å²) in [4.78, 5) is 16.2. The topological polar surface area (TPSA) is 70.7 Å². The molecular weight excluding hydrogens is 236 g/mol. The van der Waals surface area contributed by atoms with E-state index in [2.05, 4.69) is 20.5 Å². The molecule has 0 bridgehead atoms. The summed E-state index contributed by atoms with van der Waals surface area (Å²) >= 11 is 1.81. The van der Waals surface area contributed by atoms with Crippen LogP contribution in [0.1, 0.15) is 25.1 Å². The summed E-state index contributed by atoms with van der Waals surface area (Å²) in [5.74, 6) is 2.75. The van der Waals surface area contributed by atoms with Crippen molar-refractivity contribution in [3.8, 4) is 0 Å². The molecule has 1 aromatic rings. The minimum atomic E-state index is -0.281. The molecule has 1 aliphatic carbocycles. The third-order valence-electron chi connectivity index (χ3n) is 3.17. The average molecular weight is 250 g/mol. The SMILES string of the molecule is O=C(NC1(c2ncn[nH]2)CC1)C1=CCCSC1. The number of allylic oxidation sites excluding steroid dienone is 1. The molecule has 0 unspecified atom stereocenters. The fraction of sp³-hybridized carbons (Fsp3) is 0.545. The molecule has 5 nitrogen and oxygen atoms in total. The average Bonchev–Trinajstić information content (AvgIpc) is 2.94. The maximum absolute atomic E-state index is 12.1. The number of carbonyl (C=O) groups is 1. The number of amides is 1. The van der Waals surface area contributed by atoms with Crippen LogP contribution >= 0.6 is 11.8 Å². The van der Waals surface area contributed by atoms with Gasteiger partial charge in [-0.15, -0.1) is 0 Å². The van der Waals surface area contributed by atoms with Crippen LogP contribution in [0.3, 0.4) is 0 Å². The van der Waals surface area contributed by atoms with Crippen molar-refractivity contribution in [2.24, 2.45) is 0 Å². The number of H-pyrrole nitrogens is 1. The van der Waals surface area contributed by atoms with Gasteiger partial charge in [-0.25, -0.2) is 4.98 Å². The maximum atomic E-state index is 12.1. The normalized spacial score (nSPS) is 21.8. The molecule has 1 aliphatic heterocycles. The van der Waals surface area contributed by atoms with Crippen molar-refractivity contribution in [1.82, 2.24) is 20.5 Å². The summed E-state index contributed by atoms with van der Waals surface area (Å²) in [6, 6.07) is 0. The van der Waals surface area contributed by atoms with E-state index in [9.17, 15) is 4.79 Å². The second kappa shape index (κ2) is 4.18. The Hall–Kier alpha value is -1.30. The highest BCUT2D eigenvalue weighted by Gasteiger charge is 2.48. The summed E-state index contributed by atoms with van der Waals surface area (Å²) in [5, 5.41) is 9.78. The third-order valence-corrected chi connectivity index (χ3v) is 4.21. The van der Waals surface area contributed by atoms with Crippen molar-refractivity contribution in [3.63, 3.8) is 0 Å². The van der Waals surface area contributed by atoms with Gasteiger partial charge in [-0.2, -0.15) is 16.9 Å². The molecule has 3 rings (SSSR count). The van der Waals surface area contributed by atoms with Crippen molar-refractivity contribution in [2.75, 3.05) is 11.5 Å². The van der Waals surface area contributed by atoms with Crippen molar-refractivity contribution in [2.45, 2.75) is 24.8 Å². The van der Waals surface area contributed by atoms with Crippen LogP contribution in [-0.2, 0) is 10.3 Å². The lowest BCUT2D eigenvalue weighted by atomic mass is 10.2. The van der Waals surface area contributed by atoms with Gasteiger partial charge in [0.2, 0.25) is 5.91 Å². The molecular formula is C11H14N4OS. The Bertz CT molecular complexity index is 450. The lowest BCUT2D eigenvalue weighted by Gasteiger charge is -2.17. The largest absolute Gasteiger partial charge is 0.340 e. The smallest absolute Gasteiger partial charge is 0.248 e. The van der Waals surface area contributed by atoms with E-state index in [0.717, 1.165) is 42.2 Å². The van der Waals surface area contributed by atoms with E-state index in [0.29, 0.717) is 0 Å². The zero-order chi connectivity index (χ0) is 11.7. The van der Waals surface area contributed by atoms with Gasteiger partial charge in [0, 0.05) is 11.3 Å². The van der Waals surface area contributed by atoms with Gasteiger partial charge in [0.1, 0.15) is 12.2 Å². The Balaban J connectivity index is 1.71. The van der Waals surface area contributed by atoms with E-state index in [1.807, 2.05) is 17.8 Å². The van der Waals surface area contributed by atoms with Crippen LogP contribution in [0.2, 0.25) is 0 Å². The fourth-order valence-corrected chi connectivity index (χ4v) is 2.89. The molecule has 0 spiro atoms. The Morgan fingerprint density at radius 1 is 1.53 bits per heavy atom. The lowest BCUT2D eigenvalue weighted by Crippen LogP contribution is -2.37. The number of thioether (sulfide) groups is 1. The van der Waals surface area contributed by atoms with E-state index in [-0.39, 0.29) is 11.4 Å². The monoisotopic (exact) mass is 250 g/mol. The minimum Gasteiger partial charge on any atom is -0.340 e. The molecule has 6 heteroatoms. The van der Waals surface area contributed by atoms with Crippen LogP contribution in [0.25, 0.3) is 0 Å². The quantitative estimate of drug-likeness (QED) is 0.838. The highest BCUT2D eigenvalue weighted by atomic mass is 32.2. The van der Waals surface area contributed by atoms with Crippen LogP contribution in [-0.4, -0.2) is 32.6 Å². The summed E-state index contributed by atoms with van der Waals surface area (Å²) in [7, 11) is 0. The first-order valence-electron chi connectivity index (χ1n) is 5.75.